The molecule has 21 heavy (non-hydrogen) atoms. The van der Waals surface area contributed by atoms with Gasteiger partial charge in [-0.1, -0.05) is 26.2 Å². The van der Waals surface area contributed by atoms with E-state index in [-0.39, 0.29) is 11.8 Å². The molecule has 4 heteroatoms. The van der Waals surface area contributed by atoms with Crippen LogP contribution in [-0.2, 0) is 4.79 Å². The molecule has 0 spiro atoms. The Morgan fingerprint density at radius 2 is 1.90 bits per heavy atom. The first kappa shape index (κ1) is 15.9. The molecule has 0 heterocycles. The van der Waals surface area contributed by atoms with Crippen molar-refractivity contribution in [3.05, 3.63) is 29.8 Å². The number of amides is 1. The molecule has 0 radical (unpaired) electrons. The van der Waals surface area contributed by atoms with Crippen molar-refractivity contribution in [3.63, 3.8) is 0 Å². The lowest BCUT2D eigenvalue weighted by Gasteiger charge is -2.27. The van der Waals surface area contributed by atoms with Crippen LogP contribution in [0.3, 0.4) is 0 Å². The molecule has 0 unspecified atom stereocenters. The van der Waals surface area contributed by atoms with Crippen molar-refractivity contribution in [1.82, 2.24) is 0 Å². The van der Waals surface area contributed by atoms with Crippen LogP contribution in [0.25, 0.3) is 0 Å². The number of hydrogen-bond acceptors (Lipinski definition) is 1. The van der Waals surface area contributed by atoms with Gasteiger partial charge in [-0.2, -0.15) is 0 Å². The van der Waals surface area contributed by atoms with Gasteiger partial charge in [-0.3, -0.25) is 4.79 Å². The minimum atomic E-state index is -0.934. The summed E-state index contributed by atoms with van der Waals surface area (Å²) in [6.45, 7) is 2.20. The van der Waals surface area contributed by atoms with Crippen molar-refractivity contribution in [2.45, 2.75) is 51.9 Å². The van der Waals surface area contributed by atoms with E-state index in [0.29, 0.717) is 5.69 Å². The van der Waals surface area contributed by atoms with Gasteiger partial charge in [0.1, 0.15) is 0 Å². The summed E-state index contributed by atoms with van der Waals surface area (Å²) in [7, 11) is 0. The highest BCUT2D eigenvalue weighted by Crippen LogP contribution is 2.32. The van der Waals surface area contributed by atoms with Gasteiger partial charge in [-0.05, 0) is 43.7 Å². The smallest absolute Gasteiger partial charge is 0.227 e. The quantitative estimate of drug-likeness (QED) is 0.822. The van der Waals surface area contributed by atoms with Crippen LogP contribution >= 0.6 is 0 Å². The first-order chi connectivity index (χ1) is 10.1. The predicted molar refractivity (Wildman–Crippen MR) is 80.0 cm³/mol. The second-order valence-corrected chi connectivity index (χ2v) is 5.98. The zero-order valence-corrected chi connectivity index (χ0v) is 12.5. The normalized spacial score (nSPS) is 22.0. The Labute approximate surface area is 124 Å². The third-order valence-electron chi connectivity index (χ3n) is 4.37. The lowest BCUT2D eigenvalue weighted by molar-refractivity contribution is -0.121. The number of unbranched alkanes of at least 4 members (excludes halogenated alkanes) is 1. The van der Waals surface area contributed by atoms with E-state index in [1.165, 1.54) is 25.3 Å². The van der Waals surface area contributed by atoms with Gasteiger partial charge >= 0.3 is 0 Å². The van der Waals surface area contributed by atoms with Gasteiger partial charge in [0.25, 0.3) is 0 Å². The number of halogens is 2. The molecule has 1 aliphatic rings. The van der Waals surface area contributed by atoms with Crippen LogP contribution in [0.5, 0.6) is 0 Å². The fraction of sp³-hybridized carbons (Fsp3) is 0.588. The number of rotatable bonds is 5. The van der Waals surface area contributed by atoms with E-state index in [1.54, 1.807) is 0 Å². The molecule has 0 aliphatic heterocycles. The molecule has 0 aromatic heterocycles. The Bertz CT molecular complexity index is 482. The third-order valence-corrected chi connectivity index (χ3v) is 4.37. The minimum Gasteiger partial charge on any atom is -0.326 e. The largest absolute Gasteiger partial charge is 0.326 e. The highest BCUT2D eigenvalue weighted by Gasteiger charge is 2.26. The standard InChI is InChI=1S/C17H23F2NO/c1-2-3-4-12-5-7-13(8-6-12)17(21)20-14-9-10-15(18)16(19)11-14/h9-13H,2-8H2,1H3,(H,20,21). The fourth-order valence-electron chi connectivity index (χ4n) is 3.02. The SMILES string of the molecule is CCCCC1CCC(C(=O)Nc2ccc(F)c(F)c2)CC1. The molecule has 1 aromatic rings. The minimum absolute atomic E-state index is 0.00371. The van der Waals surface area contributed by atoms with Crippen molar-refractivity contribution in [3.8, 4) is 0 Å². The predicted octanol–water partition coefficient (Wildman–Crippen LogP) is 4.90. The molecule has 1 aromatic carbocycles. The average molecular weight is 295 g/mol. The average Bonchev–Trinajstić information content (AvgIpc) is 2.49. The van der Waals surface area contributed by atoms with Crippen molar-refractivity contribution in [1.29, 1.82) is 0 Å². The van der Waals surface area contributed by atoms with E-state index >= 15 is 0 Å². The van der Waals surface area contributed by atoms with Gasteiger partial charge in [0.15, 0.2) is 11.6 Å². The number of carbonyl (C=O) groups excluding carboxylic acids is 1. The third kappa shape index (κ3) is 4.51. The summed E-state index contributed by atoms with van der Waals surface area (Å²) in [5.41, 5.74) is 0.326. The molecule has 1 fully saturated rings. The molecule has 1 amide bonds. The number of carbonyl (C=O) groups is 1. The molecule has 2 rings (SSSR count). The van der Waals surface area contributed by atoms with Crippen molar-refractivity contribution < 1.29 is 13.6 Å². The van der Waals surface area contributed by atoms with Crippen LogP contribution in [0.4, 0.5) is 14.5 Å². The summed E-state index contributed by atoms with van der Waals surface area (Å²) in [6, 6.07) is 3.45. The fourth-order valence-corrected chi connectivity index (χ4v) is 3.02. The van der Waals surface area contributed by atoms with Gasteiger partial charge in [-0.15, -0.1) is 0 Å². The summed E-state index contributed by atoms with van der Waals surface area (Å²) in [6.07, 6.45) is 7.71. The van der Waals surface area contributed by atoms with E-state index in [9.17, 15) is 13.6 Å². The number of benzene rings is 1. The van der Waals surface area contributed by atoms with Crippen molar-refractivity contribution in [2.75, 3.05) is 5.32 Å². The maximum atomic E-state index is 13.1. The van der Waals surface area contributed by atoms with E-state index in [2.05, 4.69) is 12.2 Å². The molecule has 2 nitrogen and oxygen atoms in total. The van der Waals surface area contributed by atoms with Gasteiger partial charge in [0.05, 0.1) is 0 Å². The zero-order chi connectivity index (χ0) is 15.2. The van der Waals surface area contributed by atoms with Gasteiger partial charge < -0.3 is 5.32 Å². The van der Waals surface area contributed by atoms with Crippen molar-refractivity contribution in [2.24, 2.45) is 11.8 Å². The zero-order valence-electron chi connectivity index (χ0n) is 12.5. The van der Waals surface area contributed by atoms with E-state index in [4.69, 9.17) is 0 Å². The number of anilines is 1. The second kappa shape index (κ2) is 7.53. The van der Waals surface area contributed by atoms with Crippen LogP contribution in [0.15, 0.2) is 18.2 Å². The van der Waals surface area contributed by atoms with Crippen LogP contribution in [0.1, 0.15) is 51.9 Å². The molecule has 1 saturated carbocycles. The molecule has 116 valence electrons. The lowest BCUT2D eigenvalue weighted by atomic mass is 9.79. The monoisotopic (exact) mass is 295 g/mol. The molecule has 0 bridgehead atoms. The van der Waals surface area contributed by atoms with Crippen molar-refractivity contribution >= 4 is 11.6 Å². The number of nitrogens with one attached hydrogen (secondary N) is 1. The van der Waals surface area contributed by atoms with Gasteiger partial charge in [0, 0.05) is 17.7 Å². The van der Waals surface area contributed by atoms with Crippen LogP contribution in [-0.4, -0.2) is 5.91 Å². The van der Waals surface area contributed by atoms with Crippen LogP contribution < -0.4 is 5.32 Å². The molecule has 1 N–H and O–H groups in total. The lowest BCUT2D eigenvalue weighted by Crippen LogP contribution is -2.27. The first-order valence-corrected chi connectivity index (χ1v) is 7.86. The maximum absolute atomic E-state index is 13.1. The Kier molecular flexibility index (Phi) is 5.71. The van der Waals surface area contributed by atoms with Gasteiger partial charge in [-0.25, -0.2) is 8.78 Å². The molecule has 1 aliphatic carbocycles. The Balaban J connectivity index is 1.83. The maximum Gasteiger partial charge on any atom is 0.227 e. The summed E-state index contributed by atoms with van der Waals surface area (Å²) < 4.78 is 26.0. The van der Waals surface area contributed by atoms with Gasteiger partial charge in [0.2, 0.25) is 5.91 Å². The van der Waals surface area contributed by atoms with Crippen LogP contribution in [0, 0.1) is 23.5 Å². The topological polar surface area (TPSA) is 29.1 Å². The Morgan fingerprint density at radius 3 is 2.52 bits per heavy atom. The molecular weight excluding hydrogens is 272 g/mol. The highest BCUT2D eigenvalue weighted by molar-refractivity contribution is 5.92. The highest BCUT2D eigenvalue weighted by atomic mass is 19.2. The molecule has 0 saturated heterocycles. The summed E-state index contributed by atoms with van der Waals surface area (Å²) >= 11 is 0. The Morgan fingerprint density at radius 1 is 1.19 bits per heavy atom. The van der Waals surface area contributed by atoms with E-state index in [1.807, 2.05) is 0 Å². The first-order valence-electron chi connectivity index (χ1n) is 7.86. The summed E-state index contributed by atoms with van der Waals surface area (Å²) in [4.78, 5) is 12.2. The van der Waals surface area contributed by atoms with E-state index < -0.39 is 11.6 Å². The van der Waals surface area contributed by atoms with Crippen LogP contribution in [0.2, 0.25) is 0 Å². The molecule has 0 atom stereocenters. The van der Waals surface area contributed by atoms with E-state index in [0.717, 1.165) is 43.7 Å². The Hall–Kier alpha value is -1.45. The summed E-state index contributed by atoms with van der Waals surface area (Å²) in [5, 5.41) is 2.69. The number of hydrogen-bond donors (Lipinski definition) is 1. The summed E-state index contributed by atoms with van der Waals surface area (Å²) in [5.74, 6) is -1.16. The molecular formula is C17H23F2NO. The second-order valence-electron chi connectivity index (χ2n) is 5.98.